The van der Waals surface area contributed by atoms with Crippen molar-refractivity contribution in [3.05, 3.63) is 64.7 Å². The summed E-state index contributed by atoms with van der Waals surface area (Å²) in [7, 11) is 3.16. The molecule has 0 aliphatic rings. The number of hydrogen-bond donors (Lipinski definition) is 1. The number of nitrogens with one attached hydrogen (secondary N) is 1. The number of alkyl halides is 3. The molecule has 222 valence electrons. The SMILES string of the molecule is COCCC(=O)NCCOCCOCCCC(=O)c1ccc(Cc2ccc(C(F)(F)F)cc2)c(-c2nnn(C)n2)c1. The number of ketones is 1. The molecule has 3 aromatic rings. The first-order valence-corrected chi connectivity index (χ1v) is 13.1. The van der Waals surface area contributed by atoms with Crippen molar-refractivity contribution in [2.75, 3.05) is 46.7 Å². The van der Waals surface area contributed by atoms with Crippen molar-refractivity contribution in [2.45, 2.75) is 31.9 Å². The average Bonchev–Trinajstić information content (AvgIpc) is 3.38. The molecule has 2 aromatic carbocycles. The van der Waals surface area contributed by atoms with Crippen molar-refractivity contribution in [2.24, 2.45) is 7.05 Å². The Morgan fingerprint density at radius 3 is 2.34 bits per heavy atom. The van der Waals surface area contributed by atoms with Crippen molar-refractivity contribution >= 4 is 11.7 Å². The van der Waals surface area contributed by atoms with Gasteiger partial charge in [-0.15, -0.1) is 10.2 Å². The quantitative estimate of drug-likeness (QED) is 0.191. The molecule has 0 aliphatic heterocycles. The normalized spacial score (nSPS) is 11.5. The van der Waals surface area contributed by atoms with Gasteiger partial charge in [-0.25, -0.2) is 0 Å². The first-order valence-electron chi connectivity index (χ1n) is 13.1. The van der Waals surface area contributed by atoms with E-state index in [0.29, 0.717) is 81.4 Å². The van der Waals surface area contributed by atoms with Crippen molar-refractivity contribution in [3.63, 3.8) is 0 Å². The fourth-order valence-corrected chi connectivity index (χ4v) is 3.88. The number of aromatic nitrogens is 4. The number of halogens is 3. The summed E-state index contributed by atoms with van der Waals surface area (Å²) in [6.45, 7) is 2.28. The molecule has 0 spiro atoms. The molecule has 0 atom stereocenters. The summed E-state index contributed by atoms with van der Waals surface area (Å²) in [5, 5.41) is 14.9. The highest BCUT2D eigenvalue weighted by atomic mass is 19.4. The van der Waals surface area contributed by atoms with Gasteiger partial charge < -0.3 is 19.5 Å². The van der Waals surface area contributed by atoms with E-state index in [-0.39, 0.29) is 18.1 Å². The highest BCUT2D eigenvalue weighted by Crippen LogP contribution is 2.30. The van der Waals surface area contributed by atoms with E-state index in [1.165, 1.54) is 24.0 Å². The second-order valence-electron chi connectivity index (χ2n) is 9.19. The Bertz CT molecular complexity index is 1260. The number of rotatable bonds is 17. The number of carbonyl (C=O) groups is 2. The van der Waals surface area contributed by atoms with Gasteiger partial charge in [-0.1, -0.05) is 24.3 Å². The predicted octanol–water partition coefficient (Wildman–Crippen LogP) is 3.64. The molecular weight excluding hydrogens is 543 g/mol. The van der Waals surface area contributed by atoms with Crippen LogP contribution in [-0.4, -0.2) is 78.6 Å². The van der Waals surface area contributed by atoms with Crippen molar-refractivity contribution in [3.8, 4) is 11.4 Å². The molecule has 1 N–H and O–H groups in total. The summed E-state index contributed by atoms with van der Waals surface area (Å²) in [5.41, 5.74) is 1.78. The van der Waals surface area contributed by atoms with E-state index in [9.17, 15) is 22.8 Å². The molecule has 3 rings (SSSR count). The monoisotopic (exact) mass is 577 g/mol. The van der Waals surface area contributed by atoms with E-state index in [1.807, 2.05) is 0 Å². The summed E-state index contributed by atoms with van der Waals surface area (Å²) in [6.07, 6.45) is -2.99. The minimum atomic E-state index is -4.40. The fourth-order valence-electron chi connectivity index (χ4n) is 3.88. The zero-order valence-corrected chi connectivity index (χ0v) is 23.1. The number of carbonyl (C=O) groups excluding carboxylic acids is 2. The molecule has 41 heavy (non-hydrogen) atoms. The molecule has 1 aromatic heterocycles. The lowest BCUT2D eigenvalue weighted by molar-refractivity contribution is -0.137. The maximum atomic E-state index is 12.9. The highest BCUT2D eigenvalue weighted by Gasteiger charge is 2.30. The maximum Gasteiger partial charge on any atom is 0.416 e. The number of ether oxygens (including phenoxy) is 3. The molecule has 1 amide bonds. The van der Waals surface area contributed by atoms with E-state index in [0.717, 1.165) is 17.7 Å². The molecule has 13 heteroatoms. The number of tetrazole rings is 1. The molecular formula is C28H34F3N5O5. The Labute approximate surface area is 236 Å². The van der Waals surface area contributed by atoms with Crippen molar-refractivity contribution in [1.29, 1.82) is 0 Å². The number of amides is 1. The summed E-state index contributed by atoms with van der Waals surface area (Å²) >= 11 is 0. The molecule has 0 saturated heterocycles. The minimum Gasteiger partial charge on any atom is -0.384 e. The largest absolute Gasteiger partial charge is 0.416 e. The van der Waals surface area contributed by atoms with Crippen LogP contribution in [-0.2, 0) is 38.6 Å². The second-order valence-corrected chi connectivity index (χ2v) is 9.19. The van der Waals surface area contributed by atoms with E-state index >= 15 is 0 Å². The predicted molar refractivity (Wildman–Crippen MR) is 143 cm³/mol. The third kappa shape index (κ3) is 10.7. The first-order chi connectivity index (χ1) is 19.7. The molecule has 0 unspecified atom stereocenters. The number of benzene rings is 2. The van der Waals surface area contributed by atoms with Crippen LogP contribution in [0.3, 0.4) is 0 Å². The molecule has 0 radical (unpaired) electrons. The van der Waals surface area contributed by atoms with E-state index in [1.54, 1.807) is 25.2 Å². The summed E-state index contributed by atoms with van der Waals surface area (Å²) < 4.78 is 54.6. The number of methoxy groups -OCH3 is 1. The lowest BCUT2D eigenvalue weighted by Crippen LogP contribution is -2.28. The van der Waals surface area contributed by atoms with Gasteiger partial charge in [-0.05, 0) is 47.4 Å². The first kappa shape index (κ1) is 31.8. The smallest absolute Gasteiger partial charge is 0.384 e. The van der Waals surface area contributed by atoms with Crippen LogP contribution in [0.4, 0.5) is 13.2 Å². The third-order valence-electron chi connectivity index (χ3n) is 6.02. The van der Waals surface area contributed by atoms with Crippen molar-refractivity contribution < 1.29 is 37.0 Å². The van der Waals surface area contributed by atoms with Gasteiger partial charge >= 0.3 is 6.18 Å². The number of aryl methyl sites for hydroxylation is 1. The van der Waals surface area contributed by atoms with Crippen LogP contribution in [0.2, 0.25) is 0 Å². The van der Waals surface area contributed by atoms with E-state index < -0.39 is 11.7 Å². The van der Waals surface area contributed by atoms with Crippen LogP contribution >= 0.6 is 0 Å². The number of nitrogens with zero attached hydrogens (tertiary/aromatic N) is 4. The van der Waals surface area contributed by atoms with Crippen LogP contribution in [0, 0.1) is 0 Å². The third-order valence-corrected chi connectivity index (χ3v) is 6.02. The molecule has 1 heterocycles. The maximum absolute atomic E-state index is 12.9. The summed E-state index contributed by atoms with van der Waals surface area (Å²) in [5.74, 6) is 0.146. The molecule has 0 aliphatic carbocycles. The van der Waals surface area contributed by atoms with E-state index in [4.69, 9.17) is 14.2 Å². The summed E-state index contributed by atoms with van der Waals surface area (Å²) in [6, 6.07) is 10.1. The van der Waals surface area contributed by atoms with E-state index in [2.05, 4.69) is 20.7 Å². The Balaban J connectivity index is 1.48. The molecule has 0 fully saturated rings. The average molecular weight is 578 g/mol. The van der Waals surface area contributed by atoms with Crippen molar-refractivity contribution in [1.82, 2.24) is 25.5 Å². The second kappa shape index (κ2) is 15.9. The van der Waals surface area contributed by atoms with Gasteiger partial charge in [0.05, 0.1) is 39.0 Å². The standard InChI is InChI=1S/C28H34F3N5O5/c1-36-34-27(33-35-36)24-19-22(8-7-21(24)18-20-5-9-23(10-6-20)28(29,30)31)25(37)4-3-13-40-16-17-41-15-12-32-26(38)11-14-39-2/h5-10,19H,3-4,11-18H2,1-2H3,(H,32,38). The van der Waals surface area contributed by atoms with Gasteiger partial charge in [0.2, 0.25) is 11.7 Å². The Kier molecular flexibility index (Phi) is 12.4. The summed E-state index contributed by atoms with van der Waals surface area (Å²) in [4.78, 5) is 25.6. The minimum absolute atomic E-state index is 0.0831. The highest BCUT2D eigenvalue weighted by molar-refractivity contribution is 5.97. The van der Waals surface area contributed by atoms with Gasteiger partial charge in [0.15, 0.2) is 5.78 Å². The fraction of sp³-hybridized carbons (Fsp3) is 0.464. The van der Waals surface area contributed by atoms with Gasteiger partial charge in [0, 0.05) is 44.2 Å². The van der Waals surface area contributed by atoms with Gasteiger partial charge in [0.25, 0.3) is 0 Å². The van der Waals surface area contributed by atoms with Gasteiger partial charge in [-0.2, -0.15) is 18.0 Å². The Morgan fingerprint density at radius 2 is 1.68 bits per heavy atom. The van der Waals surface area contributed by atoms with Gasteiger partial charge in [0.1, 0.15) is 0 Å². The number of Topliss-reactive ketones (excluding diaryl/α,β-unsaturated/α-hetero) is 1. The number of hydrogen-bond acceptors (Lipinski definition) is 8. The van der Waals surface area contributed by atoms with Crippen LogP contribution in [0.15, 0.2) is 42.5 Å². The molecule has 0 saturated carbocycles. The van der Waals surface area contributed by atoms with Crippen LogP contribution in [0.1, 0.15) is 46.3 Å². The van der Waals surface area contributed by atoms with Crippen LogP contribution in [0.25, 0.3) is 11.4 Å². The molecule has 10 nitrogen and oxygen atoms in total. The topological polar surface area (TPSA) is 117 Å². The molecule has 0 bridgehead atoms. The lowest BCUT2D eigenvalue weighted by atomic mass is 9.95. The van der Waals surface area contributed by atoms with Crippen LogP contribution < -0.4 is 5.32 Å². The zero-order valence-electron chi connectivity index (χ0n) is 23.1. The Hall–Kier alpha value is -3.68. The Morgan fingerprint density at radius 1 is 0.951 bits per heavy atom. The lowest BCUT2D eigenvalue weighted by Gasteiger charge is -2.11. The zero-order chi connectivity index (χ0) is 29.7. The van der Waals surface area contributed by atoms with Crippen LogP contribution in [0.5, 0.6) is 0 Å². The van der Waals surface area contributed by atoms with Gasteiger partial charge in [-0.3, -0.25) is 9.59 Å².